The van der Waals surface area contributed by atoms with Crippen molar-refractivity contribution in [3.05, 3.63) is 112 Å². The van der Waals surface area contributed by atoms with Gasteiger partial charge >= 0.3 is 0 Å². The molecule has 42 heavy (non-hydrogen) atoms. The Balaban J connectivity index is 0.000000168. The zero-order valence-electron chi connectivity index (χ0n) is 23.2. The number of hydrogen-bond acceptors (Lipinski definition) is 4. The Morgan fingerprint density at radius 1 is 0.714 bits per heavy atom. The number of terminal acetylenes is 2. The Morgan fingerprint density at radius 2 is 1.10 bits per heavy atom. The molecule has 0 unspecified atom stereocenters. The second-order valence-electron chi connectivity index (χ2n) is 10.3. The standard InChI is InChI=1S/2C17H14ClNOS/c2*1-3-17(20)19-9-14(12-7-5-4-6-11(12)2)13-8-16(18)21-15(13)10-19/h2*1,4-8,14H,9-10H2,2H3/t2*14-/m10/s1. The van der Waals surface area contributed by atoms with Crippen LogP contribution in [-0.4, -0.2) is 34.7 Å². The summed E-state index contributed by atoms with van der Waals surface area (Å²) in [5.41, 5.74) is 7.32. The van der Waals surface area contributed by atoms with Crippen LogP contribution in [0.1, 0.15) is 55.0 Å². The second-order valence-corrected chi connectivity index (χ2v) is 13.9. The van der Waals surface area contributed by atoms with Crippen molar-refractivity contribution in [3.63, 3.8) is 0 Å². The Morgan fingerprint density at radius 3 is 1.45 bits per heavy atom. The van der Waals surface area contributed by atoms with Crippen LogP contribution < -0.4 is 0 Å². The van der Waals surface area contributed by atoms with Gasteiger partial charge in [-0.15, -0.1) is 35.5 Å². The Labute approximate surface area is 264 Å². The van der Waals surface area contributed by atoms with Gasteiger partial charge in [-0.3, -0.25) is 9.59 Å². The van der Waals surface area contributed by atoms with Gasteiger partial charge in [0, 0.05) is 34.7 Å². The zero-order valence-corrected chi connectivity index (χ0v) is 26.3. The molecule has 0 saturated carbocycles. The summed E-state index contributed by atoms with van der Waals surface area (Å²) in [5, 5.41) is 0. The fraction of sp³-hybridized carbons (Fsp3) is 0.235. The summed E-state index contributed by atoms with van der Waals surface area (Å²) in [7, 11) is 0. The summed E-state index contributed by atoms with van der Waals surface area (Å²) in [6.45, 7) is 6.49. The Kier molecular flexibility index (Phi) is 9.11. The molecule has 0 bridgehead atoms. The molecule has 0 spiro atoms. The fourth-order valence-electron chi connectivity index (χ4n) is 5.75. The van der Waals surface area contributed by atoms with Crippen LogP contribution in [-0.2, 0) is 22.7 Å². The molecular formula is C34H28Cl2N2O2S2. The van der Waals surface area contributed by atoms with Crippen molar-refractivity contribution in [2.75, 3.05) is 13.1 Å². The number of carbonyl (C=O) groups is 2. The lowest BCUT2D eigenvalue weighted by molar-refractivity contribution is -0.126. The molecule has 8 heteroatoms. The molecule has 6 rings (SSSR count). The number of nitrogens with zero attached hydrogens (tertiary/aromatic N) is 2. The van der Waals surface area contributed by atoms with Gasteiger partial charge in [0.15, 0.2) is 0 Å². The topological polar surface area (TPSA) is 40.6 Å². The minimum atomic E-state index is -0.260. The predicted molar refractivity (Wildman–Crippen MR) is 173 cm³/mol. The van der Waals surface area contributed by atoms with Gasteiger partial charge in [-0.2, -0.15) is 0 Å². The number of hydrogen-bond donors (Lipinski definition) is 0. The average Bonchev–Trinajstić information content (AvgIpc) is 3.56. The predicted octanol–water partition coefficient (Wildman–Crippen LogP) is 7.63. The van der Waals surface area contributed by atoms with Crippen molar-refractivity contribution >= 4 is 57.7 Å². The van der Waals surface area contributed by atoms with Crippen LogP contribution in [0.25, 0.3) is 0 Å². The van der Waals surface area contributed by atoms with E-state index in [1.54, 1.807) is 9.80 Å². The van der Waals surface area contributed by atoms with Crippen molar-refractivity contribution in [3.8, 4) is 24.7 Å². The fourth-order valence-corrected chi connectivity index (χ4v) is 8.46. The van der Waals surface area contributed by atoms with Crippen LogP contribution in [0.3, 0.4) is 0 Å². The third-order valence-electron chi connectivity index (χ3n) is 7.80. The molecule has 4 aromatic rings. The van der Waals surface area contributed by atoms with E-state index in [4.69, 9.17) is 36.0 Å². The monoisotopic (exact) mass is 630 g/mol. The highest BCUT2D eigenvalue weighted by atomic mass is 35.5. The van der Waals surface area contributed by atoms with Crippen LogP contribution >= 0.6 is 45.9 Å². The number of amides is 2. The highest BCUT2D eigenvalue weighted by Crippen LogP contribution is 2.42. The number of benzene rings is 2. The molecule has 0 fully saturated rings. The van der Waals surface area contributed by atoms with Gasteiger partial charge < -0.3 is 9.80 Å². The molecule has 2 atom stereocenters. The summed E-state index contributed by atoms with van der Waals surface area (Å²) in [6.07, 6.45) is 10.6. The number of thiophene rings is 2. The highest BCUT2D eigenvalue weighted by Gasteiger charge is 2.32. The third kappa shape index (κ3) is 6.14. The largest absolute Gasteiger partial charge is 0.326 e. The summed E-state index contributed by atoms with van der Waals surface area (Å²) in [6, 6.07) is 20.5. The van der Waals surface area contributed by atoms with E-state index in [1.165, 1.54) is 56.1 Å². The number of rotatable bonds is 2. The lowest BCUT2D eigenvalue weighted by Crippen LogP contribution is -2.37. The molecule has 0 N–H and O–H groups in total. The van der Waals surface area contributed by atoms with Crippen molar-refractivity contribution in [1.82, 2.24) is 9.80 Å². The van der Waals surface area contributed by atoms with Crippen molar-refractivity contribution in [2.24, 2.45) is 0 Å². The van der Waals surface area contributed by atoms with E-state index in [1.807, 2.05) is 36.4 Å². The van der Waals surface area contributed by atoms with Crippen molar-refractivity contribution in [2.45, 2.75) is 38.8 Å². The van der Waals surface area contributed by atoms with Crippen LogP contribution in [0.2, 0.25) is 8.67 Å². The molecule has 2 aromatic heterocycles. The second kappa shape index (κ2) is 12.8. The van der Waals surface area contributed by atoms with Gasteiger partial charge in [0.2, 0.25) is 0 Å². The molecule has 0 saturated heterocycles. The van der Waals surface area contributed by atoms with Crippen LogP contribution in [0.4, 0.5) is 0 Å². The van der Waals surface area contributed by atoms with Crippen LogP contribution in [0.15, 0.2) is 60.7 Å². The highest BCUT2D eigenvalue weighted by molar-refractivity contribution is 7.16. The molecule has 212 valence electrons. The summed E-state index contributed by atoms with van der Waals surface area (Å²) in [4.78, 5) is 29.5. The van der Waals surface area contributed by atoms with E-state index in [2.05, 4.69) is 50.0 Å². The lowest BCUT2D eigenvalue weighted by Gasteiger charge is -2.32. The molecule has 2 amide bonds. The van der Waals surface area contributed by atoms with E-state index < -0.39 is 0 Å². The van der Waals surface area contributed by atoms with Gasteiger partial charge in [-0.1, -0.05) is 71.7 Å². The van der Waals surface area contributed by atoms with Crippen molar-refractivity contribution in [1.29, 1.82) is 0 Å². The van der Waals surface area contributed by atoms with Gasteiger partial charge in [0.1, 0.15) is 0 Å². The molecule has 2 aliphatic rings. The van der Waals surface area contributed by atoms with E-state index >= 15 is 0 Å². The Bertz CT molecular complexity index is 1610. The SMILES string of the molecule is C#CC(=O)N1Cc2sc(Cl)cc2[C@@H](c2ccccc2C)C1.C#CC(=O)N1Cc2sc(Cl)cc2[C@H](c2ccccc2C)C1. The summed E-state index contributed by atoms with van der Waals surface area (Å²) in [5.74, 6) is 4.18. The van der Waals surface area contributed by atoms with Gasteiger partial charge in [0.25, 0.3) is 11.8 Å². The molecule has 4 heterocycles. The minimum Gasteiger partial charge on any atom is -0.326 e. The number of aryl methyl sites for hydroxylation is 2. The molecular weight excluding hydrogens is 603 g/mol. The van der Waals surface area contributed by atoms with Crippen molar-refractivity contribution < 1.29 is 9.59 Å². The quantitative estimate of drug-likeness (QED) is 0.214. The maximum atomic E-state index is 11.9. The minimum absolute atomic E-state index is 0.135. The first-order valence-corrected chi connectivity index (χ1v) is 15.8. The normalized spacial score (nSPS) is 17.2. The first kappa shape index (κ1) is 30.0. The molecule has 0 aliphatic carbocycles. The maximum Gasteiger partial charge on any atom is 0.298 e. The molecule has 2 aliphatic heterocycles. The van der Waals surface area contributed by atoms with E-state index in [-0.39, 0.29) is 23.7 Å². The summed E-state index contributed by atoms with van der Waals surface area (Å²) < 4.78 is 1.52. The molecule has 4 nitrogen and oxygen atoms in total. The zero-order chi connectivity index (χ0) is 30.0. The first-order valence-electron chi connectivity index (χ1n) is 13.4. The average molecular weight is 632 g/mol. The summed E-state index contributed by atoms with van der Waals surface area (Å²) >= 11 is 15.4. The van der Waals surface area contributed by atoms with E-state index in [0.717, 1.165) is 18.4 Å². The lowest BCUT2D eigenvalue weighted by atomic mass is 9.86. The van der Waals surface area contributed by atoms with E-state index in [0.29, 0.717) is 26.2 Å². The molecule has 2 aromatic carbocycles. The smallest absolute Gasteiger partial charge is 0.298 e. The Hall–Kier alpha value is -3.52. The van der Waals surface area contributed by atoms with Gasteiger partial charge in [0.05, 0.1) is 21.8 Å². The number of halogens is 2. The van der Waals surface area contributed by atoms with Gasteiger partial charge in [-0.25, -0.2) is 0 Å². The van der Waals surface area contributed by atoms with E-state index in [9.17, 15) is 9.59 Å². The number of carbonyl (C=O) groups excluding carboxylic acids is 2. The maximum absolute atomic E-state index is 11.9. The van der Waals surface area contributed by atoms with Crippen LogP contribution in [0, 0.1) is 38.5 Å². The first-order chi connectivity index (χ1) is 20.2. The molecule has 0 radical (unpaired) electrons. The number of fused-ring (bicyclic) bond motifs is 2. The van der Waals surface area contributed by atoms with Crippen LogP contribution in [0.5, 0.6) is 0 Å². The van der Waals surface area contributed by atoms with Gasteiger partial charge in [-0.05, 0) is 71.2 Å². The third-order valence-corrected chi connectivity index (χ3v) is 10.3.